The van der Waals surface area contributed by atoms with Gasteiger partial charge in [-0.05, 0) is 18.6 Å². The third-order valence-electron chi connectivity index (χ3n) is 6.87. The molecule has 3 aromatic rings. The Hall–Kier alpha value is -3.56. The van der Waals surface area contributed by atoms with Gasteiger partial charge in [-0.1, -0.05) is 30.7 Å². The minimum Gasteiger partial charge on any atom is -0.496 e. The lowest BCUT2D eigenvalue weighted by Gasteiger charge is -2.35. The number of hydrogen-bond donors (Lipinski definition) is 2. The highest BCUT2D eigenvalue weighted by Gasteiger charge is 2.60. The van der Waals surface area contributed by atoms with Crippen molar-refractivity contribution in [1.82, 2.24) is 14.9 Å². The Balaban J connectivity index is 1.38. The van der Waals surface area contributed by atoms with Gasteiger partial charge in [0.25, 0.3) is 0 Å². The zero-order valence-corrected chi connectivity index (χ0v) is 20.9. The summed E-state index contributed by atoms with van der Waals surface area (Å²) >= 11 is 6.44. The van der Waals surface area contributed by atoms with Gasteiger partial charge >= 0.3 is 0 Å². The van der Waals surface area contributed by atoms with Crippen LogP contribution in [0, 0.1) is 5.92 Å². The Morgan fingerprint density at radius 3 is 2.69 bits per heavy atom. The number of imidazole rings is 1. The Bertz CT molecular complexity index is 1410. The first-order valence-electron chi connectivity index (χ1n) is 11.6. The van der Waals surface area contributed by atoms with Crippen molar-refractivity contribution >= 4 is 34.2 Å². The largest absolute Gasteiger partial charge is 0.496 e. The molecule has 1 aromatic heterocycles. The monoisotopic (exact) mass is 511 g/mol. The molecule has 1 aliphatic carbocycles. The number of halogens is 1. The molecule has 2 N–H and O–H groups in total. The highest BCUT2D eigenvalue weighted by atomic mass is 35.5. The third-order valence-corrected chi connectivity index (χ3v) is 7.23. The lowest BCUT2D eigenvalue weighted by molar-refractivity contribution is -0.129. The molecule has 2 heterocycles. The van der Waals surface area contributed by atoms with Crippen molar-refractivity contribution in [2.45, 2.75) is 32.1 Å². The second-order valence-corrected chi connectivity index (χ2v) is 9.24. The van der Waals surface area contributed by atoms with Gasteiger partial charge in [-0.25, -0.2) is 4.98 Å². The summed E-state index contributed by atoms with van der Waals surface area (Å²) in [7, 11) is 2.88. The second kappa shape index (κ2) is 9.15. The first-order valence-corrected chi connectivity index (χ1v) is 12.0. The Morgan fingerprint density at radius 2 is 2.00 bits per heavy atom. The van der Waals surface area contributed by atoms with Gasteiger partial charge in [-0.2, -0.15) is 0 Å². The number of aliphatic hydroxyl groups excluding tert-OH is 1. The van der Waals surface area contributed by atoms with E-state index >= 15 is 0 Å². The van der Waals surface area contributed by atoms with Crippen LogP contribution in [-0.4, -0.2) is 52.6 Å². The predicted molar refractivity (Wildman–Crippen MR) is 133 cm³/mol. The lowest BCUT2D eigenvalue weighted by Crippen LogP contribution is -2.55. The summed E-state index contributed by atoms with van der Waals surface area (Å²) in [5.74, 6) is -0.176. The zero-order valence-electron chi connectivity index (χ0n) is 20.1. The molecule has 36 heavy (non-hydrogen) atoms. The van der Waals surface area contributed by atoms with E-state index in [0.717, 1.165) is 11.0 Å². The summed E-state index contributed by atoms with van der Waals surface area (Å²) in [5, 5.41) is 13.1. The minimum absolute atomic E-state index is 0.103. The summed E-state index contributed by atoms with van der Waals surface area (Å²) in [6.45, 7) is 2.67. The molecule has 5 rings (SSSR count). The van der Waals surface area contributed by atoms with E-state index in [9.17, 15) is 14.7 Å². The van der Waals surface area contributed by atoms with E-state index in [4.69, 9.17) is 25.8 Å². The van der Waals surface area contributed by atoms with Gasteiger partial charge in [0, 0.05) is 36.8 Å². The Labute approximate surface area is 212 Å². The lowest BCUT2D eigenvalue weighted by atomic mass is 9.74. The number of rotatable bonds is 7. The summed E-state index contributed by atoms with van der Waals surface area (Å²) in [6.07, 6.45) is 1.85. The highest BCUT2D eigenvalue weighted by Crippen LogP contribution is 2.52. The normalized spacial score (nSPS) is 20.9. The van der Waals surface area contributed by atoms with E-state index in [2.05, 4.69) is 10.3 Å². The summed E-state index contributed by atoms with van der Waals surface area (Å²) < 4.78 is 18.7. The average Bonchev–Trinajstić information content (AvgIpc) is 3.39. The maximum Gasteiger partial charge on any atom is 0.236 e. The van der Waals surface area contributed by atoms with Gasteiger partial charge in [0.1, 0.15) is 34.5 Å². The summed E-state index contributed by atoms with van der Waals surface area (Å²) in [5.41, 5.74) is 0.883. The zero-order chi connectivity index (χ0) is 25.6. The number of para-hydroxylation sites is 2. The van der Waals surface area contributed by atoms with Crippen LogP contribution in [0.25, 0.3) is 11.0 Å². The number of fused-ring (bicyclic) bond motifs is 2. The van der Waals surface area contributed by atoms with Gasteiger partial charge in [0.15, 0.2) is 5.75 Å². The van der Waals surface area contributed by atoms with Crippen molar-refractivity contribution in [3.63, 3.8) is 0 Å². The van der Waals surface area contributed by atoms with Crippen molar-refractivity contribution in [3.05, 3.63) is 58.5 Å². The van der Waals surface area contributed by atoms with Crippen LogP contribution in [0.15, 0.2) is 42.1 Å². The van der Waals surface area contributed by atoms with Crippen LogP contribution in [0.5, 0.6) is 17.2 Å². The number of carbonyl (C=O) groups is 2. The molecule has 0 saturated heterocycles. The van der Waals surface area contributed by atoms with Gasteiger partial charge in [0.05, 0.1) is 25.3 Å². The average molecular weight is 512 g/mol. The molecule has 0 fully saturated rings. The van der Waals surface area contributed by atoms with Crippen LogP contribution in [0.1, 0.15) is 29.5 Å². The minimum atomic E-state index is -1.71. The molecule has 2 atom stereocenters. The van der Waals surface area contributed by atoms with Gasteiger partial charge in [-0.15, -0.1) is 0 Å². The van der Waals surface area contributed by atoms with E-state index in [1.165, 1.54) is 26.4 Å². The van der Waals surface area contributed by atoms with E-state index in [1.807, 2.05) is 28.8 Å². The quantitative estimate of drug-likeness (QED) is 0.465. The number of aromatic nitrogens is 2. The number of ether oxygens (including phenoxy) is 3. The van der Waals surface area contributed by atoms with E-state index in [0.29, 0.717) is 36.8 Å². The molecule has 0 saturated carbocycles. The topological polar surface area (TPSA) is 112 Å². The maximum atomic E-state index is 13.6. The molecule has 0 amide bonds. The fourth-order valence-corrected chi connectivity index (χ4v) is 5.34. The molecule has 1 spiro atoms. The Kier molecular flexibility index (Phi) is 6.13. The van der Waals surface area contributed by atoms with Crippen LogP contribution < -0.4 is 19.5 Å². The standard InChI is InChI=1S/C26H26ClN3O6/c1-14-10-15(28-8-9-30-17-7-5-4-6-16(17)29-21(30)13-31)11-20(32)26(14)25(33)22-18(34-2)12-19(35-3)23(27)24(22)36-26/h4-7,11-12,14,28,31H,8-10,13H2,1-3H3/t14-,26+/m1/s1. The van der Waals surface area contributed by atoms with Crippen LogP contribution in [0.2, 0.25) is 5.02 Å². The molecule has 188 valence electrons. The van der Waals surface area contributed by atoms with Gasteiger partial charge in [-0.3, -0.25) is 9.59 Å². The second-order valence-electron chi connectivity index (χ2n) is 8.86. The molecule has 10 heteroatoms. The first-order chi connectivity index (χ1) is 17.3. The summed E-state index contributed by atoms with van der Waals surface area (Å²) in [6, 6.07) is 9.19. The van der Waals surface area contributed by atoms with Crippen molar-refractivity contribution in [2.24, 2.45) is 5.92 Å². The van der Waals surface area contributed by atoms with Crippen LogP contribution in [0.3, 0.4) is 0 Å². The number of methoxy groups -OCH3 is 2. The van der Waals surface area contributed by atoms with Crippen LogP contribution in [-0.2, 0) is 17.9 Å². The number of benzene rings is 2. The van der Waals surface area contributed by atoms with Crippen LogP contribution >= 0.6 is 11.6 Å². The molecule has 2 aromatic carbocycles. The number of allylic oxidation sites excluding steroid dienone is 1. The summed E-state index contributed by atoms with van der Waals surface area (Å²) in [4.78, 5) is 31.5. The molecule has 9 nitrogen and oxygen atoms in total. The van der Waals surface area contributed by atoms with Gasteiger partial charge in [0.2, 0.25) is 17.2 Å². The molecule has 0 bridgehead atoms. The van der Waals surface area contributed by atoms with Crippen molar-refractivity contribution in [3.8, 4) is 17.2 Å². The van der Waals surface area contributed by atoms with Crippen molar-refractivity contribution in [1.29, 1.82) is 0 Å². The number of nitrogens with one attached hydrogen (secondary N) is 1. The number of nitrogens with zero attached hydrogens (tertiary/aromatic N) is 2. The predicted octanol–water partition coefficient (Wildman–Crippen LogP) is 3.30. The molecule has 0 radical (unpaired) electrons. The van der Waals surface area contributed by atoms with E-state index < -0.39 is 23.1 Å². The first kappa shape index (κ1) is 24.1. The van der Waals surface area contributed by atoms with E-state index in [1.54, 1.807) is 6.92 Å². The molecular weight excluding hydrogens is 486 g/mol. The van der Waals surface area contributed by atoms with Gasteiger partial charge < -0.3 is 29.2 Å². The van der Waals surface area contributed by atoms with Crippen LogP contribution in [0.4, 0.5) is 0 Å². The number of carbonyl (C=O) groups excluding carboxylic acids is 2. The Morgan fingerprint density at radius 1 is 1.25 bits per heavy atom. The smallest absolute Gasteiger partial charge is 0.236 e. The molecule has 2 aliphatic rings. The number of Topliss-reactive ketones (excluding diaryl/α,β-unsaturated/α-hetero) is 1. The molecular formula is C26H26ClN3O6. The number of aliphatic hydroxyl groups is 1. The van der Waals surface area contributed by atoms with Crippen molar-refractivity contribution in [2.75, 3.05) is 20.8 Å². The van der Waals surface area contributed by atoms with E-state index in [-0.39, 0.29) is 28.7 Å². The fourth-order valence-electron chi connectivity index (χ4n) is 5.08. The highest BCUT2D eigenvalue weighted by molar-refractivity contribution is 6.36. The SMILES string of the molecule is COc1cc(OC)c2c(c1Cl)O[C@@]1(C(=O)C=C(NCCn3c(CO)nc4ccccc43)C[C@H]1C)C2=O. The van der Waals surface area contributed by atoms with Crippen molar-refractivity contribution < 1.29 is 28.9 Å². The number of hydrogen-bond acceptors (Lipinski definition) is 8. The fraction of sp³-hybridized carbons (Fsp3) is 0.346. The maximum absolute atomic E-state index is 13.6. The number of ketones is 2. The molecule has 1 aliphatic heterocycles. The third kappa shape index (κ3) is 3.53. The molecule has 0 unspecified atom stereocenters.